The van der Waals surface area contributed by atoms with Crippen LogP contribution in [0.15, 0.2) is 53.3 Å². The van der Waals surface area contributed by atoms with Crippen molar-refractivity contribution in [1.29, 1.82) is 0 Å². The molecular weight excluding hydrogens is 358 g/mol. The third kappa shape index (κ3) is 3.40. The number of rotatable bonds is 3. The number of hydrogen-bond acceptors (Lipinski definition) is 4. The highest BCUT2D eigenvalue weighted by Gasteiger charge is 2.37. The molecule has 2 unspecified atom stereocenters. The Hall–Kier alpha value is -3.09. The van der Waals surface area contributed by atoms with E-state index in [1.165, 1.54) is 7.11 Å². The molecule has 1 aromatic heterocycles. The first kappa shape index (κ1) is 18.3. The zero-order valence-corrected chi connectivity index (χ0v) is 15.7. The van der Waals surface area contributed by atoms with Gasteiger partial charge in [-0.25, -0.2) is 9.59 Å². The topological polar surface area (TPSA) is 80.6 Å². The maximum Gasteiger partial charge on any atom is 0.333 e. The van der Waals surface area contributed by atoms with E-state index in [1.807, 2.05) is 28.8 Å². The zero-order valence-electron chi connectivity index (χ0n) is 15.7. The second kappa shape index (κ2) is 7.50. The first-order valence-corrected chi connectivity index (χ1v) is 9.44. The zero-order chi connectivity index (χ0) is 19.7. The molecule has 2 bridgehead atoms. The number of aromatic nitrogens is 1. The summed E-state index contributed by atoms with van der Waals surface area (Å²) in [6, 6.07) is 13.2. The fourth-order valence-corrected chi connectivity index (χ4v) is 4.32. The van der Waals surface area contributed by atoms with Gasteiger partial charge in [0.1, 0.15) is 0 Å². The SMILES string of the molecule is COC(=O)[C@@H](NC(=O)N1CC2CC(C1)c1cccc(=O)n1C2)c1ccccc1. The Labute approximate surface area is 162 Å². The number of pyridine rings is 1. The number of ether oxygens (including phenoxy) is 1. The molecule has 28 heavy (non-hydrogen) atoms. The number of hydrogen-bond donors (Lipinski definition) is 1. The number of fused-ring (bicyclic) bond motifs is 4. The number of nitrogens with one attached hydrogen (secondary N) is 1. The van der Waals surface area contributed by atoms with Crippen molar-refractivity contribution in [3.8, 4) is 0 Å². The molecule has 3 atom stereocenters. The summed E-state index contributed by atoms with van der Waals surface area (Å²) >= 11 is 0. The first-order valence-electron chi connectivity index (χ1n) is 9.44. The molecule has 2 aliphatic rings. The fraction of sp³-hybridized carbons (Fsp3) is 0.381. The maximum atomic E-state index is 13.0. The van der Waals surface area contributed by atoms with E-state index >= 15 is 0 Å². The van der Waals surface area contributed by atoms with Crippen LogP contribution in [-0.2, 0) is 16.1 Å². The van der Waals surface area contributed by atoms with Crippen LogP contribution in [0, 0.1) is 5.92 Å². The molecule has 1 fully saturated rings. The third-order valence-electron chi connectivity index (χ3n) is 5.60. The van der Waals surface area contributed by atoms with E-state index in [1.54, 1.807) is 29.2 Å². The van der Waals surface area contributed by atoms with E-state index in [0.717, 1.165) is 12.1 Å². The van der Waals surface area contributed by atoms with Crippen LogP contribution in [0.2, 0.25) is 0 Å². The van der Waals surface area contributed by atoms with E-state index in [9.17, 15) is 14.4 Å². The third-order valence-corrected chi connectivity index (χ3v) is 5.60. The molecule has 1 saturated heterocycles. The Morgan fingerprint density at radius 1 is 1.07 bits per heavy atom. The van der Waals surface area contributed by atoms with Gasteiger partial charge in [0.05, 0.1) is 7.11 Å². The van der Waals surface area contributed by atoms with Crippen molar-refractivity contribution in [2.45, 2.75) is 24.9 Å². The number of piperidine rings is 1. The van der Waals surface area contributed by atoms with E-state index in [-0.39, 0.29) is 23.4 Å². The summed E-state index contributed by atoms with van der Waals surface area (Å²) in [5, 5.41) is 2.82. The molecule has 3 heterocycles. The molecular formula is C21H23N3O4. The summed E-state index contributed by atoms with van der Waals surface area (Å²) in [5.41, 5.74) is 1.67. The molecule has 0 aliphatic carbocycles. The normalized spacial score (nSPS) is 21.4. The molecule has 2 aliphatic heterocycles. The molecule has 7 nitrogen and oxygen atoms in total. The molecule has 0 spiro atoms. The number of carbonyl (C=O) groups excluding carboxylic acids is 2. The minimum atomic E-state index is -0.852. The number of likely N-dealkylation sites (tertiary alicyclic amines) is 1. The largest absolute Gasteiger partial charge is 0.467 e. The number of urea groups is 1. The lowest BCUT2D eigenvalue weighted by atomic mass is 9.83. The number of amides is 2. The van der Waals surface area contributed by atoms with Crippen molar-refractivity contribution in [3.05, 3.63) is 70.1 Å². The Kier molecular flexibility index (Phi) is 4.90. The van der Waals surface area contributed by atoms with Crippen molar-refractivity contribution in [3.63, 3.8) is 0 Å². The van der Waals surface area contributed by atoms with Gasteiger partial charge in [-0.3, -0.25) is 4.79 Å². The molecule has 1 N–H and O–H groups in total. The summed E-state index contributed by atoms with van der Waals surface area (Å²) in [6.45, 7) is 1.70. The monoisotopic (exact) mass is 381 g/mol. The lowest BCUT2D eigenvalue weighted by Crippen LogP contribution is -2.53. The summed E-state index contributed by atoms with van der Waals surface area (Å²) in [4.78, 5) is 39.1. The molecule has 2 aromatic rings. The quantitative estimate of drug-likeness (QED) is 0.824. The van der Waals surface area contributed by atoms with Crippen LogP contribution in [-0.4, -0.2) is 41.7 Å². The number of methoxy groups -OCH3 is 1. The van der Waals surface area contributed by atoms with Crippen molar-refractivity contribution in [2.75, 3.05) is 20.2 Å². The van der Waals surface area contributed by atoms with Crippen molar-refractivity contribution in [2.24, 2.45) is 5.92 Å². The number of nitrogens with zero attached hydrogens (tertiary/aromatic N) is 2. The number of benzene rings is 1. The molecule has 4 rings (SSSR count). The molecule has 7 heteroatoms. The van der Waals surface area contributed by atoms with E-state index in [2.05, 4.69) is 5.32 Å². The standard InChI is InChI=1S/C21H23N3O4/c1-28-20(26)19(15-6-3-2-4-7-15)22-21(27)23-11-14-10-16(13-23)17-8-5-9-18(25)24(17)12-14/h2-9,14,16,19H,10-13H2,1H3,(H,22,27)/t14?,16?,19-/m0/s1. The maximum absolute atomic E-state index is 13.0. The van der Waals surface area contributed by atoms with Gasteiger partial charge in [0.25, 0.3) is 5.56 Å². The number of esters is 1. The van der Waals surface area contributed by atoms with E-state index < -0.39 is 12.0 Å². The highest BCUT2D eigenvalue weighted by molar-refractivity contribution is 5.84. The average Bonchev–Trinajstić information content (AvgIpc) is 2.72. The van der Waals surface area contributed by atoms with Crippen LogP contribution in [0.5, 0.6) is 0 Å². The van der Waals surface area contributed by atoms with Gasteiger partial charge in [-0.2, -0.15) is 0 Å². The summed E-state index contributed by atoms with van der Waals surface area (Å²) < 4.78 is 6.71. The second-order valence-corrected chi connectivity index (χ2v) is 7.42. The lowest BCUT2D eigenvalue weighted by Gasteiger charge is -2.42. The molecule has 146 valence electrons. The van der Waals surface area contributed by atoms with Crippen LogP contribution in [0.1, 0.15) is 29.6 Å². The minimum absolute atomic E-state index is 0.0138. The number of carbonyl (C=O) groups is 2. The van der Waals surface area contributed by atoms with Crippen LogP contribution in [0.3, 0.4) is 0 Å². The van der Waals surface area contributed by atoms with Crippen molar-refractivity contribution >= 4 is 12.0 Å². The van der Waals surface area contributed by atoms with Crippen molar-refractivity contribution in [1.82, 2.24) is 14.8 Å². The fourth-order valence-electron chi connectivity index (χ4n) is 4.32. The van der Waals surface area contributed by atoms with Crippen LogP contribution >= 0.6 is 0 Å². The summed E-state index contributed by atoms with van der Waals surface area (Å²) in [6.07, 6.45) is 0.965. The van der Waals surface area contributed by atoms with Crippen LogP contribution < -0.4 is 10.9 Å². The molecule has 0 saturated carbocycles. The van der Waals surface area contributed by atoms with Gasteiger partial charge in [0.15, 0.2) is 6.04 Å². The van der Waals surface area contributed by atoms with Crippen LogP contribution in [0.25, 0.3) is 0 Å². The second-order valence-electron chi connectivity index (χ2n) is 7.42. The Bertz CT molecular complexity index is 940. The summed E-state index contributed by atoms with van der Waals surface area (Å²) in [5.74, 6) is -0.153. The smallest absolute Gasteiger partial charge is 0.333 e. The van der Waals surface area contributed by atoms with Crippen molar-refractivity contribution < 1.29 is 14.3 Å². The van der Waals surface area contributed by atoms with Gasteiger partial charge >= 0.3 is 12.0 Å². The highest BCUT2D eigenvalue weighted by atomic mass is 16.5. The Morgan fingerprint density at radius 3 is 2.61 bits per heavy atom. The molecule has 1 aromatic carbocycles. The van der Waals surface area contributed by atoms with Gasteiger partial charge in [-0.15, -0.1) is 0 Å². The van der Waals surface area contributed by atoms with Crippen LogP contribution in [0.4, 0.5) is 4.79 Å². The summed E-state index contributed by atoms with van der Waals surface area (Å²) in [7, 11) is 1.31. The Morgan fingerprint density at radius 2 is 1.86 bits per heavy atom. The predicted octanol–water partition coefficient (Wildman–Crippen LogP) is 1.89. The van der Waals surface area contributed by atoms with Gasteiger partial charge in [0.2, 0.25) is 0 Å². The van der Waals surface area contributed by atoms with Gasteiger partial charge in [-0.05, 0) is 24.0 Å². The molecule has 2 amide bonds. The molecule has 0 radical (unpaired) electrons. The van der Waals surface area contributed by atoms with Gasteiger partial charge in [0, 0.05) is 37.3 Å². The Balaban J connectivity index is 1.53. The average molecular weight is 381 g/mol. The van der Waals surface area contributed by atoms with Gasteiger partial charge in [-0.1, -0.05) is 36.4 Å². The minimum Gasteiger partial charge on any atom is -0.467 e. The van der Waals surface area contributed by atoms with Gasteiger partial charge < -0.3 is 19.5 Å². The first-order chi connectivity index (χ1) is 13.6. The van der Waals surface area contributed by atoms with E-state index in [0.29, 0.717) is 25.2 Å². The lowest BCUT2D eigenvalue weighted by molar-refractivity contribution is -0.143. The predicted molar refractivity (Wildman–Crippen MR) is 103 cm³/mol. The van der Waals surface area contributed by atoms with E-state index in [4.69, 9.17) is 4.74 Å². The highest BCUT2D eigenvalue weighted by Crippen LogP contribution is 2.35.